The van der Waals surface area contributed by atoms with Crippen LogP contribution in [-0.4, -0.2) is 0 Å². The lowest BCUT2D eigenvalue weighted by Crippen LogP contribution is -2.33. The van der Waals surface area contributed by atoms with Crippen LogP contribution >= 0.6 is 11.3 Å². The molecule has 1 saturated carbocycles. The van der Waals surface area contributed by atoms with E-state index in [0.717, 1.165) is 39.6 Å². The topological polar surface area (TPSA) is 40.9 Å². The normalized spacial score (nSPS) is 18.0. The number of fused-ring (bicyclic) bond motifs is 2. The minimum atomic E-state index is 0.242. The van der Waals surface area contributed by atoms with Crippen LogP contribution in [0.3, 0.4) is 0 Å². The average molecular weight is 386 g/mol. The molecule has 3 heteroatoms. The molecule has 3 aromatic rings. The molecule has 2 aliphatic rings. The van der Waals surface area contributed by atoms with Gasteiger partial charge in [0.25, 0.3) is 0 Å². The zero-order valence-corrected chi connectivity index (χ0v) is 16.8. The number of hydrogen-bond acceptors (Lipinski definition) is 3. The maximum absolute atomic E-state index is 13.2. The van der Waals surface area contributed by atoms with E-state index in [-0.39, 0.29) is 5.43 Å². The number of nitrogens with zero attached hydrogens (tertiary/aromatic N) is 1. The highest BCUT2D eigenvalue weighted by Gasteiger charge is 2.36. The molecule has 5 rings (SSSR count). The van der Waals surface area contributed by atoms with E-state index in [1.807, 2.05) is 47.7 Å². The molecule has 0 amide bonds. The smallest absolute Gasteiger partial charge is 0.191 e. The van der Waals surface area contributed by atoms with Crippen LogP contribution in [0, 0.1) is 16.7 Å². The fraction of sp³-hybridized carbons (Fsp3) is 0.360. The molecular formula is C25H23NOS. The van der Waals surface area contributed by atoms with Crippen LogP contribution in [0.25, 0.3) is 21.2 Å². The van der Waals surface area contributed by atoms with Crippen LogP contribution < -0.4 is 5.43 Å². The molecule has 1 spiro atoms. The molecule has 2 aromatic carbocycles. The lowest BCUT2D eigenvalue weighted by atomic mass is 9.65. The Kier molecular flexibility index (Phi) is 4.33. The summed E-state index contributed by atoms with van der Waals surface area (Å²) in [5.41, 5.74) is 4.53. The number of rotatable bonds is 1. The van der Waals surface area contributed by atoms with Crippen LogP contribution in [0.15, 0.2) is 47.3 Å². The predicted octanol–water partition coefficient (Wildman–Crippen LogP) is 6.24. The summed E-state index contributed by atoms with van der Waals surface area (Å²) in [7, 11) is 0. The zero-order chi connectivity index (χ0) is 19.1. The second-order valence-electron chi connectivity index (χ2n) is 8.47. The van der Waals surface area contributed by atoms with Gasteiger partial charge in [0.05, 0.1) is 11.6 Å². The van der Waals surface area contributed by atoms with Crippen molar-refractivity contribution in [1.29, 1.82) is 5.26 Å². The first kappa shape index (κ1) is 17.6. The highest BCUT2D eigenvalue weighted by Crippen LogP contribution is 2.47. The van der Waals surface area contributed by atoms with Gasteiger partial charge in [-0.2, -0.15) is 5.26 Å². The number of nitriles is 1. The quantitative estimate of drug-likeness (QED) is 0.497. The molecule has 2 nitrogen and oxygen atoms in total. The van der Waals surface area contributed by atoms with E-state index >= 15 is 0 Å². The minimum Gasteiger partial charge on any atom is -0.289 e. The summed E-state index contributed by atoms with van der Waals surface area (Å²) < 4.78 is 1.08. The number of benzene rings is 2. The first-order valence-electron chi connectivity index (χ1n) is 10.3. The van der Waals surface area contributed by atoms with Crippen molar-refractivity contribution >= 4 is 21.4 Å². The van der Waals surface area contributed by atoms with Gasteiger partial charge in [-0.1, -0.05) is 37.5 Å². The van der Waals surface area contributed by atoms with Gasteiger partial charge in [0.15, 0.2) is 5.43 Å². The van der Waals surface area contributed by atoms with Gasteiger partial charge in [-0.15, -0.1) is 11.3 Å². The second-order valence-corrected chi connectivity index (χ2v) is 9.61. The molecule has 0 bridgehead atoms. The molecule has 1 heterocycles. The summed E-state index contributed by atoms with van der Waals surface area (Å²) >= 11 is 1.82. The van der Waals surface area contributed by atoms with Gasteiger partial charge in [-0.25, -0.2) is 0 Å². The standard InChI is InChI=1S/C25H23NOS/c26-16-17-5-4-6-18(13-17)19-7-8-20-22(14-19)28-23-15-25(10-2-1-3-11-25)12-9-21(23)24(20)27/h4-8,13-14H,1-3,9-12,15H2. The second kappa shape index (κ2) is 6.87. The third kappa shape index (κ3) is 2.97. The molecule has 0 aliphatic heterocycles. The van der Waals surface area contributed by atoms with Crippen LogP contribution in [-0.2, 0) is 12.8 Å². The van der Waals surface area contributed by atoms with E-state index < -0.39 is 0 Å². The lowest BCUT2D eigenvalue weighted by molar-refractivity contribution is 0.164. The molecule has 28 heavy (non-hydrogen) atoms. The van der Waals surface area contributed by atoms with Crippen molar-refractivity contribution in [2.45, 2.75) is 51.4 Å². The Morgan fingerprint density at radius 1 is 0.964 bits per heavy atom. The molecule has 2 aliphatic carbocycles. The SMILES string of the molecule is N#Cc1cccc(-c2ccc3c(=O)c4c(sc3c2)CC2(CCCCC2)CC4)c1. The molecule has 1 aromatic heterocycles. The lowest BCUT2D eigenvalue weighted by Gasteiger charge is -2.40. The summed E-state index contributed by atoms with van der Waals surface area (Å²) in [5, 5.41) is 10.0. The summed E-state index contributed by atoms with van der Waals surface area (Å²) in [4.78, 5) is 14.5. The highest BCUT2D eigenvalue weighted by atomic mass is 32.1. The Morgan fingerprint density at radius 3 is 2.61 bits per heavy atom. The summed E-state index contributed by atoms with van der Waals surface area (Å²) in [6, 6.07) is 16.0. The average Bonchev–Trinajstić information content (AvgIpc) is 2.74. The van der Waals surface area contributed by atoms with Gasteiger partial charge in [0.2, 0.25) is 0 Å². The molecule has 0 radical (unpaired) electrons. The van der Waals surface area contributed by atoms with Crippen molar-refractivity contribution < 1.29 is 0 Å². The van der Waals surface area contributed by atoms with Crippen LogP contribution in [0.1, 0.15) is 54.5 Å². The fourth-order valence-electron chi connectivity index (χ4n) is 5.17. The van der Waals surface area contributed by atoms with Crippen molar-refractivity contribution in [3.05, 3.63) is 68.7 Å². The molecule has 140 valence electrons. The van der Waals surface area contributed by atoms with E-state index in [0.29, 0.717) is 11.0 Å². The monoisotopic (exact) mass is 385 g/mol. The first-order valence-corrected chi connectivity index (χ1v) is 11.1. The van der Waals surface area contributed by atoms with Gasteiger partial charge in [-0.3, -0.25) is 4.79 Å². The van der Waals surface area contributed by atoms with Crippen LogP contribution in [0.5, 0.6) is 0 Å². The fourth-order valence-corrected chi connectivity index (χ4v) is 6.59. The third-order valence-electron chi connectivity index (χ3n) is 6.75. The maximum atomic E-state index is 13.2. The van der Waals surface area contributed by atoms with E-state index in [4.69, 9.17) is 0 Å². The number of hydrogen-bond donors (Lipinski definition) is 0. The Labute approximate surface area is 169 Å². The molecular weight excluding hydrogens is 362 g/mol. The van der Waals surface area contributed by atoms with Gasteiger partial charge in [0, 0.05) is 20.5 Å². The molecule has 0 atom stereocenters. The van der Waals surface area contributed by atoms with Gasteiger partial charge in [0.1, 0.15) is 0 Å². The van der Waals surface area contributed by atoms with Gasteiger partial charge in [-0.05, 0) is 72.9 Å². The van der Waals surface area contributed by atoms with E-state index in [2.05, 4.69) is 12.1 Å². The van der Waals surface area contributed by atoms with Crippen LogP contribution in [0.2, 0.25) is 0 Å². The van der Waals surface area contributed by atoms with E-state index in [1.165, 1.54) is 43.4 Å². The van der Waals surface area contributed by atoms with Crippen molar-refractivity contribution in [3.63, 3.8) is 0 Å². The van der Waals surface area contributed by atoms with Gasteiger partial charge < -0.3 is 0 Å². The van der Waals surface area contributed by atoms with Crippen molar-refractivity contribution in [1.82, 2.24) is 0 Å². The van der Waals surface area contributed by atoms with E-state index in [9.17, 15) is 10.1 Å². The summed E-state index contributed by atoms with van der Waals surface area (Å²) in [5.74, 6) is 0. The maximum Gasteiger partial charge on any atom is 0.191 e. The molecule has 0 unspecified atom stereocenters. The summed E-state index contributed by atoms with van der Waals surface area (Å²) in [6.07, 6.45) is 9.94. The van der Waals surface area contributed by atoms with E-state index in [1.54, 1.807) is 0 Å². The minimum absolute atomic E-state index is 0.242. The Bertz CT molecular complexity index is 1160. The van der Waals surface area contributed by atoms with Crippen LogP contribution in [0.4, 0.5) is 0 Å². The zero-order valence-electron chi connectivity index (χ0n) is 16.0. The Hall–Kier alpha value is -2.44. The van der Waals surface area contributed by atoms with Crippen molar-refractivity contribution in [3.8, 4) is 17.2 Å². The Balaban J connectivity index is 1.60. The first-order chi connectivity index (χ1) is 13.7. The third-order valence-corrected chi connectivity index (χ3v) is 7.94. The molecule has 1 fully saturated rings. The Morgan fingerprint density at radius 2 is 1.79 bits per heavy atom. The largest absolute Gasteiger partial charge is 0.289 e. The molecule has 0 saturated heterocycles. The summed E-state index contributed by atoms with van der Waals surface area (Å²) in [6.45, 7) is 0. The predicted molar refractivity (Wildman–Crippen MR) is 116 cm³/mol. The van der Waals surface area contributed by atoms with Crippen molar-refractivity contribution in [2.75, 3.05) is 0 Å². The molecule has 0 N–H and O–H groups in total. The highest BCUT2D eigenvalue weighted by molar-refractivity contribution is 7.18. The van der Waals surface area contributed by atoms with Gasteiger partial charge >= 0.3 is 0 Å². The van der Waals surface area contributed by atoms with Crippen molar-refractivity contribution in [2.24, 2.45) is 5.41 Å².